The summed E-state index contributed by atoms with van der Waals surface area (Å²) in [6, 6.07) is 7.33. The highest BCUT2D eigenvalue weighted by Gasteiger charge is 2.14. The minimum Gasteiger partial charge on any atom is -0.392 e. The van der Waals surface area contributed by atoms with Crippen LogP contribution in [0.5, 0.6) is 0 Å². The van der Waals surface area contributed by atoms with E-state index in [0.717, 1.165) is 16.7 Å². The van der Waals surface area contributed by atoms with Gasteiger partial charge >= 0.3 is 5.76 Å². The molecule has 23 heavy (non-hydrogen) atoms. The largest absolute Gasteiger partial charge is 0.437 e. The molecule has 0 spiro atoms. The van der Waals surface area contributed by atoms with Crippen molar-refractivity contribution in [3.8, 4) is 0 Å². The number of ether oxygens (including phenoxy) is 1. The molecule has 0 aliphatic heterocycles. The average Bonchev–Trinajstić information content (AvgIpc) is 2.85. The van der Waals surface area contributed by atoms with Crippen molar-refractivity contribution in [3.05, 3.63) is 51.3 Å². The second kappa shape index (κ2) is 8.29. The van der Waals surface area contributed by atoms with E-state index in [-0.39, 0.29) is 19.3 Å². The molecule has 2 rings (SSSR count). The van der Waals surface area contributed by atoms with Crippen molar-refractivity contribution in [1.82, 2.24) is 9.78 Å². The van der Waals surface area contributed by atoms with Gasteiger partial charge in [0, 0.05) is 11.4 Å². The number of hydrogen-bond donors (Lipinski definition) is 1. The summed E-state index contributed by atoms with van der Waals surface area (Å²) in [6.07, 6.45) is 0.403. The normalized spacial score (nSPS) is 13.9. The molecule has 7 heteroatoms. The number of hydrogen-bond acceptors (Lipinski definition) is 5. The fourth-order valence-corrected chi connectivity index (χ4v) is 2.24. The van der Waals surface area contributed by atoms with Crippen molar-refractivity contribution < 1.29 is 14.3 Å². The van der Waals surface area contributed by atoms with E-state index < -0.39 is 11.9 Å². The molecule has 0 bridgehead atoms. The SMILES string of the molecule is CCCc1nn(CC(O)COC(C)c2ccc(Cl)cc2)c(=O)o1. The maximum atomic E-state index is 11.6. The molecular formula is C16H21ClN2O4. The lowest BCUT2D eigenvalue weighted by Crippen LogP contribution is -2.28. The van der Waals surface area contributed by atoms with Gasteiger partial charge in [-0.2, -0.15) is 4.68 Å². The summed E-state index contributed by atoms with van der Waals surface area (Å²) in [4.78, 5) is 11.6. The van der Waals surface area contributed by atoms with Gasteiger partial charge in [-0.25, -0.2) is 4.79 Å². The van der Waals surface area contributed by atoms with Gasteiger partial charge in [0.1, 0.15) is 0 Å². The molecule has 6 nitrogen and oxygen atoms in total. The molecule has 0 fully saturated rings. The number of aryl methyl sites for hydroxylation is 1. The van der Waals surface area contributed by atoms with Gasteiger partial charge in [-0.15, -0.1) is 5.10 Å². The van der Waals surface area contributed by atoms with Gasteiger partial charge in [-0.05, 0) is 31.0 Å². The first-order chi connectivity index (χ1) is 11.0. The molecule has 0 saturated heterocycles. The third-order valence-electron chi connectivity index (χ3n) is 3.37. The Morgan fingerprint density at radius 2 is 2.09 bits per heavy atom. The van der Waals surface area contributed by atoms with E-state index >= 15 is 0 Å². The molecule has 2 atom stereocenters. The number of aromatic nitrogens is 2. The molecule has 2 aromatic rings. The number of aliphatic hydroxyl groups excluding tert-OH is 1. The smallest absolute Gasteiger partial charge is 0.392 e. The average molecular weight is 341 g/mol. The van der Waals surface area contributed by atoms with Crippen molar-refractivity contribution in [1.29, 1.82) is 0 Å². The highest BCUT2D eigenvalue weighted by Crippen LogP contribution is 2.19. The number of halogens is 1. The molecule has 1 aromatic carbocycles. The first kappa shape index (κ1) is 17.7. The summed E-state index contributed by atoms with van der Waals surface area (Å²) in [7, 11) is 0. The van der Waals surface area contributed by atoms with Crippen LogP contribution in [0.15, 0.2) is 33.5 Å². The molecule has 0 aliphatic rings. The zero-order valence-corrected chi connectivity index (χ0v) is 14.0. The van der Waals surface area contributed by atoms with Crippen LogP contribution in [0.2, 0.25) is 5.02 Å². The molecule has 1 aromatic heterocycles. The highest BCUT2D eigenvalue weighted by atomic mass is 35.5. The van der Waals surface area contributed by atoms with E-state index in [0.29, 0.717) is 17.3 Å². The fourth-order valence-electron chi connectivity index (χ4n) is 2.12. The maximum absolute atomic E-state index is 11.6. The third-order valence-corrected chi connectivity index (χ3v) is 3.63. The molecule has 0 amide bonds. The Labute approximate surface area is 139 Å². The van der Waals surface area contributed by atoms with E-state index in [1.807, 2.05) is 26.0 Å². The van der Waals surface area contributed by atoms with Crippen LogP contribution in [0.4, 0.5) is 0 Å². The number of rotatable bonds is 8. The Balaban J connectivity index is 1.86. The predicted molar refractivity (Wildman–Crippen MR) is 86.6 cm³/mol. The molecule has 1 N–H and O–H groups in total. The molecule has 2 unspecified atom stereocenters. The van der Waals surface area contributed by atoms with Crippen LogP contribution >= 0.6 is 11.6 Å². The van der Waals surface area contributed by atoms with E-state index in [1.165, 1.54) is 0 Å². The second-order valence-corrected chi connectivity index (χ2v) is 5.81. The van der Waals surface area contributed by atoms with Gasteiger partial charge in [-0.3, -0.25) is 0 Å². The minimum atomic E-state index is -0.845. The van der Waals surface area contributed by atoms with Crippen molar-refractivity contribution in [3.63, 3.8) is 0 Å². The lowest BCUT2D eigenvalue weighted by atomic mass is 10.1. The van der Waals surface area contributed by atoms with Crippen LogP contribution in [0.3, 0.4) is 0 Å². The van der Waals surface area contributed by atoms with Crippen LogP contribution in [-0.2, 0) is 17.7 Å². The first-order valence-corrected chi connectivity index (χ1v) is 7.99. The van der Waals surface area contributed by atoms with Crippen molar-refractivity contribution in [2.75, 3.05) is 6.61 Å². The van der Waals surface area contributed by atoms with Crippen LogP contribution in [0, 0.1) is 0 Å². The summed E-state index contributed by atoms with van der Waals surface area (Å²) in [5.74, 6) is -0.168. The zero-order chi connectivity index (χ0) is 16.8. The molecule has 0 aliphatic carbocycles. The van der Waals surface area contributed by atoms with Gasteiger partial charge in [0.2, 0.25) is 5.89 Å². The van der Waals surface area contributed by atoms with Crippen LogP contribution < -0.4 is 5.76 Å². The van der Waals surface area contributed by atoms with E-state index in [9.17, 15) is 9.90 Å². The van der Waals surface area contributed by atoms with Gasteiger partial charge in [0.05, 0.1) is 25.4 Å². The van der Waals surface area contributed by atoms with Crippen molar-refractivity contribution in [2.24, 2.45) is 0 Å². The molecule has 126 valence electrons. The quantitative estimate of drug-likeness (QED) is 0.799. The summed E-state index contributed by atoms with van der Waals surface area (Å²) < 4.78 is 11.8. The lowest BCUT2D eigenvalue weighted by molar-refractivity contribution is -0.0106. The molecule has 1 heterocycles. The third kappa shape index (κ3) is 5.20. The Hall–Kier alpha value is -1.63. The number of nitrogens with zero attached hydrogens (tertiary/aromatic N) is 2. The lowest BCUT2D eigenvalue weighted by Gasteiger charge is -2.16. The predicted octanol–water partition coefficient (Wildman–Crippen LogP) is 2.58. The van der Waals surface area contributed by atoms with Crippen LogP contribution in [-0.4, -0.2) is 27.6 Å². The van der Waals surface area contributed by atoms with Gasteiger partial charge < -0.3 is 14.3 Å². The summed E-state index contributed by atoms with van der Waals surface area (Å²) in [5.41, 5.74) is 0.963. The standard InChI is InChI=1S/C16H21ClN2O4/c1-3-4-15-18-19(16(21)23-15)9-14(20)10-22-11(2)12-5-7-13(17)8-6-12/h5-8,11,14,20H,3-4,9-10H2,1-2H3. The zero-order valence-electron chi connectivity index (χ0n) is 13.2. The van der Waals surface area contributed by atoms with Gasteiger partial charge in [-0.1, -0.05) is 30.7 Å². The molecule has 0 saturated carbocycles. The summed E-state index contributed by atoms with van der Waals surface area (Å²) >= 11 is 5.84. The monoisotopic (exact) mass is 340 g/mol. The Kier molecular flexibility index (Phi) is 6.38. The van der Waals surface area contributed by atoms with Crippen LogP contribution in [0.1, 0.15) is 37.8 Å². The maximum Gasteiger partial charge on any atom is 0.437 e. The van der Waals surface area contributed by atoms with Crippen LogP contribution in [0.25, 0.3) is 0 Å². The minimum absolute atomic E-state index is 0.0411. The Morgan fingerprint density at radius 1 is 1.39 bits per heavy atom. The summed E-state index contributed by atoms with van der Waals surface area (Å²) in [5, 5.41) is 14.7. The van der Waals surface area contributed by atoms with Gasteiger partial charge in [0.25, 0.3) is 0 Å². The van der Waals surface area contributed by atoms with Crippen molar-refractivity contribution in [2.45, 2.75) is 45.4 Å². The fraction of sp³-hybridized carbons (Fsp3) is 0.500. The van der Waals surface area contributed by atoms with E-state index in [1.54, 1.807) is 12.1 Å². The topological polar surface area (TPSA) is 77.5 Å². The van der Waals surface area contributed by atoms with E-state index in [2.05, 4.69) is 5.10 Å². The Morgan fingerprint density at radius 3 is 2.74 bits per heavy atom. The van der Waals surface area contributed by atoms with Crippen molar-refractivity contribution >= 4 is 11.6 Å². The van der Waals surface area contributed by atoms with E-state index in [4.69, 9.17) is 20.8 Å². The highest BCUT2D eigenvalue weighted by molar-refractivity contribution is 6.30. The molecular weight excluding hydrogens is 320 g/mol. The number of benzene rings is 1. The second-order valence-electron chi connectivity index (χ2n) is 5.37. The summed E-state index contributed by atoms with van der Waals surface area (Å²) in [6.45, 7) is 3.99. The molecule has 0 radical (unpaired) electrons. The first-order valence-electron chi connectivity index (χ1n) is 7.61. The van der Waals surface area contributed by atoms with Gasteiger partial charge in [0.15, 0.2) is 0 Å². The Bertz CT molecular complexity index is 665. The number of aliphatic hydroxyl groups is 1.